The Morgan fingerprint density at radius 2 is 1.82 bits per heavy atom. The molecule has 0 saturated heterocycles. The monoisotopic (exact) mass is 458 g/mol. The minimum atomic E-state index is 0.0249. The van der Waals surface area contributed by atoms with Gasteiger partial charge in [0.2, 0.25) is 0 Å². The molecule has 6 nitrogen and oxygen atoms in total. The molecule has 0 aliphatic heterocycles. The van der Waals surface area contributed by atoms with Crippen molar-refractivity contribution in [1.82, 2.24) is 10.3 Å². The van der Waals surface area contributed by atoms with Gasteiger partial charge in [0, 0.05) is 28.4 Å². The van der Waals surface area contributed by atoms with Crippen LogP contribution in [-0.4, -0.2) is 26.3 Å². The van der Waals surface area contributed by atoms with Crippen LogP contribution in [0.1, 0.15) is 29.0 Å². The van der Waals surface area contributed by atoms with E-state index in [2.05, 4.69) is 64.3 Å². The van der Waals surface area contributed by atoms with Crippen LogP contribution in [-0.2, 0) is 6.54 Å². The molecule has 0 fully saturated rings. The zero-order chi connectivity index (χ0) is 23.4. The van der Waals surface area contributed by atoms with Gasteiger partial charge in [0.25, 0.3) is 0 Å². The van der Waals surface area contributed by atoms with Crippen LogP contribution in [0, 0.1) is 11.3 Å². The van der Waals surface area contributed by atoms with Crippen LogP contribution in [0.2, 0.25) is 0 Å². The first-order chi connectivity index (χ1) is 16.1. The Morgan fingerprint density at radius 3 is 2.52 bits per heavy atom. The van der Waals surface area contributed by atoms with Crippen molar-refractivity contribution in [2.45, 2.75) is 19.5 Å². The van der Waals surface area contributed by atoms with Crippen LogP contribution in [0.4, 0.5) is 5.82 Å². The van der Waals surface area contributed by atoms with Crippen molar-refractivity contribution in [1.29, 1.82) is 5.26 Å². The van der Waals surface area contributed by atoms with Crippen LogP contribution in [0.3, 0.4) is 0 Å². The lowest BCUT2D eigenvalue weighted by molar-refractivity contribution is 0.356. The van der Waals surface area contributed by atoms with Gasteiger partial charge in [-0.25, -0.2) is 4.98 Å². The molecule has 0 bridgehead atoms. The van der Waals surface area contributed by atoms with E-state index < -0.39 is 0 Å². The maximum atomic E-state index is 9.56. The summed E-state index contributed by atoms with van der Waals surface area (Å²) in [7, 11) is 5.14. The van der Waals surface area contributed by atoms with E-state index in [1.54, 1.807) is 31.8 Å². The molecule has 7 heteroatoms. The van der Waals surface area contributed by atoms with E-state index in [-0.39, 0.29) is 6.04 Å². The molecular weight excluding hydrogens is 432 g/mol. The largest absolute Gasteiger partial charge is 0.493 e. The number of thiophene rings is 1. The molecule has 0 saturated carbocycles. The van der Waals surface area contributed by atoms with E-state index in [1.165, 1.54) is 21.6 Å². The van der Waals surface area contributed by atoms with E-state index in [9.17, 15) is 5.26 Å². The zero-order valence-corrected chi connectivity index (χ0v) is 19.9. The fraction of sp³-hybridized carbons (Fsp3) is 0.231. The highest BCUT2D eigenvalue weighted by atomic mass is 32.1. The van der Waals surface area contributed by atoms with Crippen molar-refractivity contribution in [3.8, 4) is 28.7 Å². The molecule has 4 aromatic rings. The average Bonchev–Trinajstić information content (AvgIpc) is 3.34. The minimum absolute atomic E-state index is 0.0249. The number of fused-ring (bicyclic) bond motifs is 1. The number of pyridine rings is 1. The fourth-order valence-electron chi connectivity index (χ4n) is 3.91. The Labute approximate surface area is 197 Å². The van der Waals surface area contributed by atoms with E-state index in [4.69, 9.17) is 9.47 Å². The van der Waals surface area contributed by atoms with E-state index >= 15 is 0 Å². The molecule has 0 aliphatic carbocycles. The number of nitriles is 1. The van der Waals surface area contributed by atoms with Gasteiger partial charge in [-0.2, -0.15) is 5.26 Å². The molecule has 0 amide bonds. The van der Waals surface area contributed by atoms with Gasteiger partial charge in [0.1, 0.15) is 11.9 Å². The van der Waals surface area contributed by atoms with Gasteiger partial charge in [0.15, 0.2) is 11.5 Å². The van der Waals surface area contributed by atoms with Gasteiger partial charge >= 0.3 is 0 Å². The molecule has 0 unspecified atom stereocenters. The number of hydrogen-bond acceptors (Lipinski definition) is 7. The number of nitrogens with one attached hydrogen (secondary N) is 2. The van der Waals surface area contributed by atoms with Crippen LogP contribution in [0.15, 0.2) is 54.0 Å². The molecule has 0 spiro atoms. The molecule has 4 rings (SSSR count). The lowest BCUT2D eigenvalue weighted by Crippen LogP contribution is -2.07. The van der Waals surface area contributed by atoms with Crippen LogP contribution in [0.25, 0.3) is 21.9 Å². The Morgan fingerprint density at radius 1 is 1.09 bits per heavy atom. The van der Waals surface area contributed by atoms with Crippen molar-refractivity contribution in [3.63, 3.8) is 0 Å². The third kappa shape index (κ3) is 4.49. The van der Waals surface area contributed by atoms with Gasteiger partial charge in [-0.05, 0) is 54.2 Å². The number of rotatable bonds is 8. The topological polar surface area (TPSA) is 79.2 Å². The molecule has 168 valence electrons. The highest BCUT2D eigenvalue weighted by Gasteiger charge is 2.17. The summed E-state index contributed by atoms with van der Waals surface area (Å²) < 4.78 is 10.9. The summed E-state index contributed by atoms with van der Waals surface area (Å²) >= 11 is 1.72. The number of nitrogens with zero attached hydrogens (tertiary/aromatic N) is 2. The second-order valence-electron chi connectivity index (χ2n) is 7.68. The molecule has 1 atom stereocenters. The second-order valence-corrected chi connectivity index (χ2v) is 8.62. The first kappa shape index (κ1) is 22.6. The number of hydrogen-bond donors (Lipinski definition) is 2. The third-order valence-electron chi connectivity index (χ3n) is 5.61. The summed E-state index contributed by atoms with van der Waals surface area (Å²) in [5, 5.41) is 20.1. The van der Waals surface area contributed by atoms with Crippen LogP contribution < -0.4 is 20.1 Å². The molecule has 2 aromatic carbocycles. The number of methoxy groups -OCH3 is 2. The summed E-state index contributed by atoms with van der Waals surface area (Å²) in [6, 6.07) is 16.6. The maximum Gasteiger partial charge on any atom is 0.161 e. The van der Waals surface area contributed by atoms with Crippen molar-refractivity contribution >= 4 is 27.9 Å². The summed E-state index contributed by atoms with van der Waals surface area (Å²) in [4.78, 5) is 5.74. The molecule has 2 N–H and O–H groups in total. The highest BCUT2D eigenvalue weighted by Crippen LogP contribution is 2.38. The van der Waals surface area contributed by atoms with Gasteiger partial charge in [0.05, 0.1) is 25.8 Å². The molecular formula is C26H26N4O2S. The smallest absolute Gasteiger partial charge is 0.161 e. The quantitative estimate of drug-likeness (QED) is 0.350. The number of aromatic nitrogens is 1. The minimum Gasteiger partial charge on any atom is -0.493 e. The standard InChI is InChI=1S/C26H26N4O2S/c1-16(25-9-18(15-33-25)20-8-6-5-7-17(20)13-28-2)30-26-22-11-24(32-4)23(31-3)10-21(22)19(12-27)14-29-26/h5-11,14-16,28H,13H2,1-4H3,(H,29,30)/t16-/m1/s1. The first-order valence-electron chi connectivity index (χ1n) is 10.6. The highest BCUT2D eigenvalue weighted by molar-refractivity contribution is 7.10. The predicted molar refractivity (Wildman–Crippen MR) is 134 cm³/mol. The molecule has 0 radical (unpaired) electrons. The summed E-state index contributed by atoms with van der Waals surface area (Å²) in [5.41, 5.74) is 4.20. The third-order valence-corrected chi connectivity index (χ3v) is 6.72. The summed E-state index contributed by atoms with van der Waals surface area (Å²) in [6.07, 6.45) is 1.59. The van der Waals surface area contributed by atoms with E-state index in [1.807, 2.05) is 19.2 Å². The molecule has 2 heterocycles. The lowest BCUT2D eigenvalue weighted by atomic mass is 10.0. The van der Waals surface area contributed by atoms with E-state index in [0.717, 1.165) is 17.3 Å². The Hall–Kier alpha value is -3.60. The van der Waals surface area contributed by atoms with Crippen LogP contribution >= 0.6 is 11.3 Å². The van der Waals surface area contributed by atoms with Crippen LogP contribution in [0.5, 0.6) is 11.5 Å². The number of benzene rings is 2. The molecule has 0 aliphatic rings. The van der Waals surface area contributed by atoms with Crippen molar-refractivity contribution in [3.05, 3.63) is 70.0 Å². The average molecular weight is 459 g/mol. The van der Waals surface area contributed by atoms with Gasteiger partial charge < -0.3 is 20.1 Å². The second kappa shape index (κ2) is 9.90. The van der Waals surface area contributed by atoms with Gasteiger partial charge in [-0.3, -0.25) is 0 Å². The Bertz CT molecular complexity index is 1330. The summed E-state index contributed by atoms with van der Waals surface area (Å²) in [6.45, 7) is 2.93. The van der Waals surface area contributed by atoms with Crippen molar-refractivity contribution < 1.29 is 9.47 Å². The molecule has 2 aromatic heterocycles. The lowest BCUT2D eigenvalue weighted by Gasteiger charge is -2.17. The first-order valence-corrected chi connectivity index (χ1v) is 11.5. The predicted octanol–water partition coefficient (Wildman–Crippen LogP) is 5.74. The zero-order valence-electron chi connectivity index (χ0n) is 19.1. The summed E-state index contributed by atoms with van der Waals surface area (Å²) in [5.74, 6) is 1.87. The Kier molecular flexibility index (Phi) is 6.78. The van der Waals surface area contributed by atoms with Gasteiger partial charge in [-0.15, -0.1) is 11.3 Å². The number of ether oxygens (including phenoxy) is 2. The van der Waals surface area contributed by atoms with Crippen molar-refractivity contribution in [2.24, 2.45) is 0 Å². The Balaban J connectivity index is 1.68. The SMILES string of the molecule is CNCc1ccccc1-c1csc([C@@H](C)Nc2ncc(C#N)c3cc(OC)c(OC)cc23)c1. The van der Waals surface area contributed by atoms with E-state index in [0.29, 0.717) is 22.9 Å². The number of anilines is 1. The fourth-order valence-corrected chi connectivity index (χ4v) is 4.83. The van der Waals surface area contributed by atoms with Crippen molar-refractivity contribution in [2.75, 3.05) is 26.6 Å². The normalized spacial score (nSPS) is 11.7. The molecule has 33 heavy (non-hydrogen) atoms. The van der Waals surface area contributed by atoms with Gasteiger partial charge in [-0.1, -0.05) is 24.3 Å². The maximum absolute atomic E-state index is 9.56.